The van der Waals surface area contributed by atoms with Crippen LogP contribution in [0.5, 0.6) is 0 Å². The number of nitrogens with two attached hydrogens (primary N) is 1. The van der Waals surface area contributed by atoms with Crippen molar-refractivity contribution in [1.82, 2.24) is 0 Å². The number of carbonyl (C=O) groups is 1. The van der Waals surface area contributed by atoms with E-state index in [9.17, 15) is 9.90 Å². The molecular formula is C10H8N2O2. The molecule has 0 fully saturated rings. The molecule has 4 heteroatoms. The Labute approximate surface area is 80.9 Å². The summed E-state index contributed by atoms with van der Waals surface area (Å²) in [6.07, 6.45) is 0. The zero-order valence-corrected chi connectivity index (χ0v) is 7.27. The van der Waals surface area contributed by atoms with E-state index in [0.29, 0.717) is 5.56 Å². The molecule has 3 N–H and O–H groups in total. The minimum atomic E-state index is -0.936. The average Bonchev–Trinajstić information content (AvgIpc) is 2.19. The van der Waals surface area contributed by atoms with Gasteiger partial charge in [-0.3, -0.25) is 4.79 Å². The van der Waals surface area contributed by atoms with E-state index in [1.807, 2.05) is 0 Å². The predicted octanol–water partition coefficient (Wildman–Crippen LogP) is 0.965. The van der Waals surface area contributed by atoms with Gasteiger partial charge in [0.1, 0.15) is 11.8 Å². The molecule has 0 aliphatic carbocycles. The van der Waals surface area contributed by atoms with Crippen LogP contribution in [0.1, 0.15) is 5.56 Å². The molecule has 1 amide bonds. The first kappa shape index (κ1) is 9.81. The van der Waals surface area contributed by atoms with Crippen LogP contribution >= 0.6 is 0 Å². The van der Waals surface area contributed by atoms with Gasteiger partial charge in [-0.05, 0) is 0 Å². The summed E-state index contributed by atoms with van der Waals surface area (Å²) < 4.78 is 0. The number of hydrogen-bond donors (Lipinski definition) is 2. The molecular weight excluding hydrogens is 180 g/mol. The number of nitrogens with zero attached hydrogens (tertiary/aromatic N) is 1. The Morgan fingerprint density at radius 2 is 1.93 bits per heavy atom. The summed E-state index contributed by atoms with van der Waals surface area (Å²) in [4.78, 5) is 10.7. The Morgan fingerprint density at radius 1 is 1.36 bits per heavy atom. The van der Waals surface area contributed by atoms with Crippen LogP contribution in [0, 0.1) is 11.3 Å². The summed E-state index contributed by atoms with van der Waals surface area (Å²) in [5.74, 6) is -1.32. The minimum absolute atomic E-state index is 0.388. The Kier molecular flexibility index (Phi) is 2.87. The van der Waals surface area contributed by atoms with Crippen LogP contribution in [0.3, 0.4) is 0 Å². The first-order chi connectivity index (χ1) is 6.66. The molecule has 0 bridgehead atoms. The molecule has 70 valence electrons. The fourth-order valence-corrected chi connectivity index (χ4v) is 0.965. The number of hydrogen-bond acceptors (Lipinski definition) is 3. The van der Waals surface area contributed by atoms with Crippen LogP contribution in [0.25, 0.3) is 5.76 Å². The number of nitriles is 1. The Balaban J connectivity index is 3.23. The highest BCUT2D eigenvalue weighted by molar-refractivity contribution is 6.02. The monoisotopic (exact) mass is 188 g/mol. The highest BCUT2D eigenvalue weighted by atomic mass is 16.3. The van der Waals surface area contributed by atoms with Crippen molar-refractivity contribution in [2.45, 2.75) is 0 Å². The lowest BCUT2D eigenvalue weighted by Crippen LogP contribution is -2.14. The molecule has 0 saturated carbocycles. The number of aliphatic hydroxyl groups is 1. The molecule has 0 aliphatic rings. The van der Waals surface area contributed by atoms with Crippen LogP contribution in [0.4, 0.5) is 0 Å². The molecule has 1 aromatic carbocycles. The second kappa shape index (κ2) is 4.10. The second-order valence-corrected chi connectivity index (χ2v) is 2.57. The molecule has 0 unspecified atom stereocenters. The van der Waals surface area contributed by atoms with Gasteiger partial charge in [0.15, 0.2) is 5.57 Å². The zero-order chi connectivity index (χ0) is 10.6. The van der Waals surface area contributed by atoms with Crippen molar-refractivity contribution in [2.24, 2.45) is 5.73 Å². The van der Waals surface area contributed by atoms with E-state index < -0.39 is 11.5 Å². The fourth-order valence-electron chi connectivity index (χ4n) is 0.965. The summed E-state index contributed by atoms with van der Waals surface area (Å²) in [6.45, 7) is 0. The van der Waals surface area contributed by atoms with Gasteiger partial charge >= 0.3 is 0 Å². The van der Waals surface area contributed by atoms with Gasteiger partial charge in [-0.15, -0.1) is 0 Å². The maximum absolute atomic E-state index is 10.7. The minimum Gasteiger partial charge on any atom is -0.506 e. The quantitative estimate of drug-likeness (QED) is 0.411. The van der Waals surface area contributed by atoms with Gasteiger partial charge in [0, 0.05) is 5.56 Å². The normalized spacial score (nSPS) is 11.4. The summed E-state index contributed by atoms with van der Waals surface area (Å²) in [7, 11) is 0. The highest BCUT2D eigenvalue weighted by Gasteiger charge is 2.12. The van der Waals surface area contributed by atoms with Gasteiger partial charge < -0.3 is 10.8 Å². The first-order valence-corrected chi connectivity index (χ1v) is 3.85. The van der Waals surface area contributed by atoms with E-state index in [2.05, 4.69) is 0 Å². The average molecular weight is 188 g/mol. The molecule has 0 aliphatic heterocycles. The van der Waals surface area contributed by atoms with E-state index in [1.165, 1.54) is 0 Å². The largest absolute Gasteiger partial charge is 0.506 e. The molecule has 14 heavy (non-hydrogen) atoms. The molecule has 4 nitrogen and oxygen atoms in total. The molecule has 0 atom stereocenters. The smallest absolute Gasteiger partial charge is 0.263 e. The highest BCUT2D eigenvalue weighted by Crippen LogP contribution is 2.14. The van der Waals surface area contributed by atoms with E-state index >= 15 is 0 Å². The lowest BCUT2D eigenvalue weighted by Gasteiger charge is -2.00. The number of amides is 1. The van der Waals surface area contributed by atoms with Gasteiger partial charge in [-0.25, -0.2) is 0 Å². The van der Waals surface area contributed by atoms with Crippen molar-refractivity contribution in [3.05, 3.63) is 41.5 Å². The number of rotatable bonds is 2. The van der Waals surface area contributed by atoms with Crippen LogP contribution in [-0.2, 0) is 4.79 Å². The third-order valence-electron chi connectivity index (χ3n) is 1.64. The van der Waals surface area contributed by atoms with Gasteiger partial charge in [0.05, 0.1) is 0 Å². The summed E-state index contributed by atoms with van der Waals surface area (Å²) >= 11 is 0. The maximum Gasteiger partial charge on any atom is 0.263 e. The molecule has 0 heterocycles. The van der Waals surface area contributed by atoms with Gasteiger partial charge in [0.25, 0.3) is 5.91 Å². The molecule has 1 aromatic rings. The SMILES string of the molecule is N#C/C(C(N)=O)=C(/O)c1ccccc1. The van der Waals surface area contributed by atoms with E-state index in [4.69, 9.17) is 11.0 Å². The predicted molar refractivity (Wildman–Crippen MR) is 50.8 cm³/mol. The van der Waals surface area contributed by atoms with Crippen molar-refractivity contribution in [3.8, 4) is 6.07 Å². The summed E-state index contributed by atoms with van der Waals surface area (Å²) in [6, 6.07) is 9.83. The number of primary amides is 1. The lowest BCUT2D eigenvalue weighted by atomic mass is 10.1. The van der Waals surface area contributed by atoms with Gasteiger partial charge in [-0.2, -0.15) is 5.26 Å². The lowest BCUT2D eigenvalue weighted by molar-refractivity contribution is -0.114. The molecule has 0 radical (unpaired) electrons. The van der Waals surface area contributed by atoms with Crippen LogP contribution in [-0.4, -0.2) is 11.0 Å². The van der Waals surface area contributed by atoms with Crippen LogP contribution in [0.15, 0.2) is 35.9 Å². The van der Waals surface area contributed by atoms with Crippen molar-refractivity contribution in [2.75, 3.05) is 0 Å². The van der Waals surface area contributed by atoms with Gasteiger partial charge in [0.2, 0.25) is 0 Å². The zero-order valence-electron chi connectivity index (χ0n) is 7.27. The van der Waals surface area contributed by atoms with Crippen LogP contribution in [0.2, 0.25) is 0 Å². The molecule has 0 saturated heterocycles. The van der Waals surface area contributed by atoms with Crippen molar-refractivity contribution < 1.29 is 9.90 Å². The second-order valence-electron chi connectivity index (χ2n) is 2.57. The molecule has 0 spiro atoms. The van der Waals surface area contributed by atoms with E-state index in [1.54, 1.807) is 36.4 Å². The van der Waals surface area contributed by atoms with E-state index in [-0.39, 0.29) is 5.76 Å². The summed E-state index contributed by atoms with van der Waals surface area (Å²) in [5, 5.41) is 18.1. The Bertz CT molecular complexity index is 415. The maximum atomic E-state index is 10.7. The third kappa shape index (κ3) is 1.90. The van der Waals surface area contributed by atoms with Gasteiger partial charge in [-0.1, -0.05) is 30.3 Å². The molecule has 0 aromatic heterocycles. The number of benzene rings is 1. The van der Waals surface area contributed by atoms with Crippen molar-refractivity contribution >= 4 is 11.7 Å². The van der Waals surface area contributed by atoms with E-state index in [0.717, 1.165) is 0 Å². The Morgan fingerprint density at radius 3 is 2.36 bits per heavy atom. The third-order valence-corrected chi connectivity index (χ3v) is 1.64. The first-order valence-electron chi connectivity index (χ1n) is 3.85. The standard InChI is InChI=1S/C10H8N2O2/c11-6-8(10(12)14)9(13)7-4-2-1-3-5-7/h1-5,13H,(H2,12,14)/b9-8-. The Hall–Kier alpha value is -2.28. The van der Waals surface area contributed by atoms with Crippen molar-refractivity contribution in [1.29, 1.82) is 5.26 Å². The number of carbonyl (C=O) groups excluding carboxylic acids is 1. The van der Waals surface area contributed by atoms with Crippen molar-refractivity contribution in [3.63, 3.8) is 0 Å². The number of aliphatic hydroxyl groups excluding tert-OH is 1. The topological polar surface area (TPSA) is 87.1 Å². The summed E-state index contributed by atoms with van der Waals surface area (Å²) in [5.41, 5.74) is 4.86. The fraction of sp³-hybridized carbons (Fsp3) is 0. The van der Waals surface area contributed by atoms with Crippen LogP contribution < -0.4 is 5.73 Å². The molecule has 1 rings (SSSR count).